The summed E-state index contributed by atoms with van der Waals surface area (Å²) in [5, 5.41) is 0.854. The lowest BCUT2D eigenvalue weighted by Gasteiger charge is -2.26. The highest BCUT2D eigenvalue weighted by atomic mass is 31.2. The molecule has 2 atom stereocenters. The lowest BCUT2D eigenvalue weighted by atomic mass is 9.98. The summed E-state index contributed by atoms with van der Waals surface area (Å²) in [4.78, 5) is 0. The van der Waals surface area contributed by atoms with Crippen LogP contribution >= 0.6 is 7.52 Å². The fourth-order valence-electron chi connectivity index (χ4n) is 3.14. The van der Waals surface area contributed by atoms with E-state index in [4.69, 9.17) is 4.52 Å². The summed E-state index contributed by atoms with van der Waals surface area (Å²) >= 11 is 0. The molecular formula is C18H22NO2P. The molecule has 0 bridgehead atoms. The third-order valence-corrected chi connectivity index (χ3v) is 7.17. The third-order valence-electron chi connectivity index (χ3n) is 4.35. The molecule has 0 saturated carbocycles. The van der Waals surface area contributed by atoms with E-state index in [0.717, 1.165) is 22.0 Å². The van der Waals surface area contributed by atoms with Crippen LogP contribution in [-0.2, 0) is 9.09 Å². The Bertz CT molecular complexity index is 725. The van der Waals surface area contributed by atoms with Gasteiger partial charge in [-0.25, -0.2) is 4.67 Å². The largest absolute Gasteiger partial charge is 0.303 e. The van der Waals surface area contributed by atoms with E-state index in [0.29, 0.717) is 13.1 Å². The molecule has 2 unspecified atom stereocenters. The van der Waals surface area contributed by atoms with E-state index in [2.05, 4.69) is 19.1 Å². The summed E-state index contributed by atoms with van der Waals surface area (Å²) < 4.78 is 21.8. The average Bonchev–Trinajstić information content (AvgIpc) is 2.84. The minimum Gasteiger partial charge on any atom is -0.301 e. The molecule has 0 aromatic heterocycles. The molecule has 22 heavy (non-hydrogen) atoms. The average molecular weight is 315 g/mol. The van der Waals surface area contributed by atoms with Gasteiger partial charge in [-0.3, -0.25) is 4.57 Å². The van der Waals surface area contributed by atoms with Crippen LogP contribution in [0.5, 0.6) is 0 Å². The van der Waals surface area contributed by atoms with Gasteiger partial charge in [-0.2, -0.15) is 0 Å². The standard InChI is InChI=1S/C18H22NO2P/c1-4-19(5-2)22(20)17-13-9-8-12-16(17)18(21-22)15-11-7-6-10-14(15)3/h6-13,18H,4-5H2,1-3H3. The van der Waals surface area contributed by atoms with Crippen molar-refractivity contribution < 1.29 is 9.09 Å². The predicted molar refractivity (Wildman–Crippen MR) is 90.7 cm³/mol. The van der Waals surface area contributed by atoms with Crippen molar-refractivity contribution in [3.8, 4) is 0 Å². The Balaban J connectivity index is 2.14. The van der Waals surface area contributed by atoms with Crippen molar-refractivity contribution >= 4 is 12.8 Å². The maximum Gasteiger partial charge on any atom is 0.303 e. The number of fused-ring (bicyclic) bond motifs is 1. The molecule has 1 aliphatic heterocycles. The van der Waals surface area contributed by atoms with Gasteiger partial charge in [0.05, 0.1) is 5.30 Å². The second-order valence-electron chi connectivity index (χ2n) is 5.56. The molecule has 3 rings (SSSR count). The predicted octanol–water partition coefficient (Wildman–Crippen LogP) is 4.27. The van der Waals surface area contributed by atoms with Crippen LogP contribution in [0.25, 0.3) is 0 Å². The van der Waals surface area contributed by atoms with Crippen LogP contribution in [0.3, 0.4) is 0 Å². The fraction of sp³-hybridized carbons (Fsp3) is 0.333. The minimum atomic E-state index is -2.98. The van der Waals surface area contributed by atoms with Gasteiger partial charge in [0.1, 0.15) is 6.10 Å². The minimum absolute atomic E-state index is 0.246. The maximum absolute atomic E-state index is 13.6. The molecule has 0 saturated heterocycles. The van der Waals surface area contributed by atoms with Gasteiger partial charge in [0.25, 0.3) is 0 Å². The van der Waals surface area contributed by atoms with E-state index in [1.807, 2.05) is 54.9 Å². The molecule has 2 aromatic rings. The van der Waals surface area contributed by atoms with Gasteiger partial charge in [-0.1, -0.05) is 56.3 Å². The highest BCUT2D eigenvalue weighted by Crippen LogP contribution is 2.60. The van der Waals surface area contributed by atoms with Crippen molar-refractivity contribution in [3.05, 3.63) is 65.2 Å². The Morgan fingerprint density at radius 1 is 1.00 bits per heavy atom. The van der Waals surface area contributed by atoms with Gasteiger partial charge < -0.3 is 4.52 Å². The molecule has 2 aromatic carbocycles. The number of hydrogen-bond acceptors (Lipinski definition) is 2. The van der Waals surface area contributed by atoms with E-state index >= 15 is 0 Å². The van der Waals surface area contributed by atoms with Crippen molar-refractivity contribution in [2.45, 2.75) is 26.9 Å². The zero-order valence-electron chi connectivity index (χ0n) is 13.3. The molecular weight excluding hydrogens is 293 g/mol. The Kier molecular flexibility index (Phi) is 4.22. The molecule has 0 amide bonds. The Morgan fingerprint density at radius 2 is 1.59 bits per heavy atom. The van der Waals surface area contributed by atoms with E-state index in [-0.39, 0.29) is 6.10 Å². The molecule has 1 aliphatic rings. The molecule has 0 radical (unpaired) electrons. The summed E-state index contributed by atoms with van der Waals surface area (Å²) in [7, 11) is -2.98. The van der Waals surface area contributed by atoms with Crippen molar-refractivity contribution in [3.63, 3.8) is 0 Å². The maximum atomic E-state index is 13.6. The second-order valence-corrected chi connectivity index (χ2v) is 7.86. The number of nitrogens with zero attached hydrogens (tertiary/aromatic N) is 1. The number of benzene rings is 2. The summed E-state index contributed by atoms with van der Waals surface area (Å²) in [5.41, 5.74) is 3.29. The molecule has 1 heterocycles. The van der Waals surface area contributed by atoms with Crippen molar-refractivity contribution in [1.29, 1.82) is 0 Å². The summed E-state index contributed by atoms with van der Waals surface area (Å²) in [5.74, 6) is 0. The Labute approximate surface area is 132 Å². The molecule has 0 N–H and O–H groups in total. The van der Waals surface area contributed by atoms with Crippen molar-refractivity contribution in [1.82, 2.24) is 4.67 Å². The van der Waals surface area contributed by atoms with Crippen LogP contribution in [0.2, 0.25) is 0 Å². The zero-order valence-corrected chi connectivity index (χ0v) is 14.2. The number of aryl methyl sites for hydroxylation is 1. The van der Waals surface area contributed by atoms with Crippen LogP contribution in [0.15, 0.2) is 48.5 Å². The molecule has 116 valence electrons. The van der Waals surface area contributed by atoms with Gasteiger partial charge in [0.2, 0.25) is 0 Å². The molecule has 3 nitrogen and oxygen atoms in total. The normalized spacial score (nSPS) is 23.7. The van der Waals surface area contributed by atoms with Gasteiger partial charge >= 0.3 is 7.52 Å². The zero-order chi connectivity index (χ0) is 15.7. The van der Waals surface area contributed by atoms with Gasteiger partial charge in [0.15, 0.2) is 0 Å². The van der Waals surface area contributed by atoms with E-state index in [1.54, 1.807) is 0 Å². The van der Waals surface area contributed by atoms with Crippen LogP contribution < -0.4 is 5.30 Å². The van der Waals surface area contributed by atoms with E-state index < -0.39 is 7.52 Å². The first-order valence-electron chi connectivity index (χ1n) is 7.80. The van der Waals surface area contributed by atoms with Crippen LogP contribution in [0.4, 0.5) is 0 Å². The summed E-state index contributed by atoms with van der Waals surface area (Å²) in [6.07, 6.45) is -0.246. The van der Waals surface area contributed by atoms with Gasteiger partial charge in [-0.05, 0) is 24.1 Å². The second kappa shape index (κ2) is 6.00. The molecule has 0 fully saturated rings. The monoisotopic (exact) mass is 315 g/mol. The third kappa shape index (κ3) is 2.34. The van der Waals surface area contributed by atoms with Crippen LogP contribution in [0.1, 0.15) is 36.6 Å². The highest BCUT2D eigenvalue weighted by molar-refractivity contribution is 7.65. The summed E-state index contributed by atoms with van der Waals surface area (Å²) in [6, 6.07) is 16.1. The topological polar surface area (TPSA) is 29.5 Å². The number of rotatable bonds is 4. The first kappa shape index (κ1) is 15.5. The highest BCUT2D eigenvalue weighted by Gasteiger charge is 2.45. The van der Waals surface area contributed by atoms with Gasteiger partial charge in [0, 0.05) is 18.7 Å². The molecule has 4 heteroatoms. The quantitative estimate of drug-likeness (QED) is 0.789. The lowest BCUT2D eigenvalue weighted by molar-refractivity contribution is 0.234. The van der Waals surface area contributed by atoms with E-state index in [1.165, 1.54) is 0 Å². The summed E-state index contributed by atoms with van der Waals surface area (Å²) in [6.45, 7) is 7.54. The SMILES string of the molecule is CCN(CC)P1(=O)OC(c2ccccc2C)c2ccccc21. The van der Waals surface area contributed by atoms with Crippen molar-refractivity contribution in [2.24, 2.45) is 0 Å². The fourth-order valence-corrected chi connectivity index (χ4v) is 5.75. The first-order valence-corrected chi connectivity index (χ1v) is 9.38. The van der Waals surface area contributed by atoms with Crippen LogP contribution in [0, 0.1) is 6.92 Å². The van der Waals surface area contributed by atoms with Crippen LogP contribution in [-0.4, -0.2) is 17.8 Å². The lowest BCUT2D eigenvalue weighted by Crippen LogP contribution is -2.24. The Hall–Kier alpha value is -1.41. The number of hydrogen-bond donors (Lipinski definition) is 0. The smallest absolute Gasteiger partial charge is 0.301 e. The molecule has 0 aliphatic carbocycles. The van der Waals surface area contributed by atoms with E-state index in [9.17, 15) is 4.57 Å². The molecule has 0 spiro atoms. The Morgan fingerprint density at radius 3 is 2.23 bits per heavy atom. The van der Waals surface area contributed by atoms with Crippen molar-refractivity contribution in [2.75, 3.05) is 13.1 Å². The first-order chi connectivity index (χ1) is 10.6. The van der Waals surface area contributed by atoms with Gasteiger partial charge in [-0.15, -0.1) is 0 Å².